The van der Waals surface area contributed by atoms with E-state index in [1.807, 2.05) is 12.2 Å². The van der Waals surface area contributed by atoms with E-state index in [9.17, 15) is 4.79 Å². The number of nitrogens with zero attached hydrogens (tertiary/aromatic N) is 1. The van der Waals surface area contributed by atoms with E-state index in [1.165, 1.54) is 0 Å². The summed E-state index contributed by atoms with van der Waals surface area (Å²) in [5.74, 6) is -1.27. The molecule has 0 amide bonds. The minimum Gasteiger partial charge on any atom is -0.481 e. The van der Waals surface area contributed by atoms with Gasteiger partial charge in [0.05, 0.1) is 5.92 Å². The van der Waals surface area contributed by atoms with Gasteiger partial charge in [-0.15, -0.1) is 0 Å². The van der Waals surface area contributed by atoms with Crippen molar-refractivity contribution in [3.8, 4) is 0 Å². The Morgan fingerprint density at radius 1 is 1.29 bits per heavy atom. The van der Waals surface area contributed by atoms with E-state index in [2.05, 4.69) is 24.9 Å². The Morgan fingerprint density at radius 2 is 1.82 bits per heavy atom. The first kappa shape index (κ1) is 13.6. The van der Waals surface area contributed by atoms with Gasteiger partial charge in [-0.3, -0.25) is 4.79 Å². The topological polar surface area (TPSA) is 40.5 Å². The molecular formula is C14H21NO2. The Balaban J connectivity index is 2.64. The van der Waals surface area contributed by atoms with Crippen LogP contribution in [0.1, 0.15) is 26.7 Å². The van der Waals surface area contributed by atoms with Gasteiger partial charge in [-0.05, 0) is 18.4 Å². The fourth-order valence-electron chi connectivity index (χ4n) is 1.83. The molecule has 0 atom stereocenters. The molecule has 1 rings (SSSR count). The highest BCUT2D eigenvalue weighted by atomic mass is 16.4. The molecule has 1 N–H and O–H groups in total. The number of allylic oxidation sites excluding steroid dienone is 3. The molecule has 0 bridgehead atoms. The van der Waals surface area contributed by atoms with Crippen LogP contribution < -0.4 is 0 Å². The number of hydrogen-bond acceptors (Lipinski definition) is 2. The molecule has 3 heteroatoms. The van der Waals surface area contributed by atoms with E-state index in [4.69, 9.17) is 5.11 Å². The highest BCUT2D eigenvalue weighted by Gasteiger charge is 2.12. The van der Waals surface area contributed by atoms with Crippen molar-refractivity contribution in [2.24, 2.45) is 5.92 Å². The average Bonchev–Trinajstić information content (AvgIpc) is 2.30. The van der Waals surface area contributed by atoms with Crippen LogP contribution in [-0.4, -0.2) is 29.1 Å². The molecule has 0 aliphatic heterocycles. The van der Waals surface area contributed by atoms with Crippen molar-refractivity contribution in [2.45, 2.75) is 26.7 Å². The van der Waals surface area contributed by atoms with Gasteiger partial charge in [0.1, 0.15) is 0 Å². The maximum absolute atomic E-state index is 10.8. The van der Waals surface area contributed by atoms with Crippen LogP contribution in [0.15, 0.2) is 36.1 Å². The molecule has 0 aromatic heterocycles. The third-order valence-corrected chi connectivity index (χ3v) is 2.63. The van der Waals surface area contributed by atoms with Crippen LogP contribution in [-0.2, 0) is 4.79 Å². The van der Waals surface area contributed by atoms with E-state index in [0.29, 0.717) is 0 Å². The molecule has 3 nitrogen and oxygen atoms in total. The van der Waals surface area contributed by atoms with Gasteiger partial charge in [-0.1, -0.05) is 38.2 Å². The third kappa shape index (κ3) is 4.47. The minimum absolute atomic E-state index is 0.474. The van der Waals surface area contributed by atoms with Crippen molar-refractivity contribution < 1.29 is 9.90 Å². The van der Waals surface area contributed by atoms with Crippen molar-refractivity contribution in [2.75, 3.05) is 13.1 Å². The lowest BCUT2D eigenvalue weighted by molar-refractivity contribution is -0.138. The second kappa shape index (κ2) is 6.94. The first-order chi connectivity index (χ1) is 8.17. The molecular weight excluding hydrogens is 214 g/mol. The maximum atomic E-state index is 10.8. The summed E-state index contributed by atoms with van der Waals surface area (Å²) in [5, 5.41) is 8.84. The standard InChI is InChI=1S/C14H21NO2/c1-3-9-15(10-4-2)11-12-5-7-13(8-6-12)14(16)17/h5-8,11,13H,3-4,9-10H2,1-2H3,(H,16,17). The fraction of sp³-hybridized carbons (Fsp3) is 0.500. The summed E-state index contributed by atoms with van der Waals surface area (Å²) in [4.78, 5) is 13.0. The van der Waals surface area contributed by atoms with Crippen molar-refractivity contribution >= 4 is 5.97 Å². The molecule has 0 saturated carbocycles. The van der Waals surface area contributed by atoms with Crippen LogP contribution in [0.3, 0.4) is 0 Å². The molecule has 0 heterocycles. The molecule has 94 valence electrons. The normalized spacial score (nSPS) is 18.2. The zero-order valence-corrected chi connectivity index (χ0v) is 10.6. The molecule has 0 aromatic rings. The summed E-state index contributed by atoms with van der Waals surface area (Å²) in [6.07, 6.45) is 11.6. The molecule has 0 saturated heterocycles. The second-order valence-corrected chi connectivity index (χ2v) is 4.25. The number of carbonyl (C=O) groups is 1. The summed E-state index contributed by atoms with van der Waals surface area (Å²) in [7, 11) is 0. The smallest absolute Gasteiger partial charge is 0.314 e. The van der Waals surface area contributed by atoms with E-state index in [0.717, 1.165) is 31.5 Å². The fourth-order valence-corrected chi connectivity index (χ4v) is 1.83. The number of carboxylic acids is 1. The summed E-state index contributed by atoms with van der Waals surface area (Å²) < 4.78 is 0. The van der Waals surface area contributed by atoms with E-state index in [1.54, 1.807) is 12.2 Å². The molecule has 17 heavy (non-hydrogen) atoms. The number of aliphatic carboxylic acids is 1. The van der Waals surface area contributed by atoms with Crippen LogP contribution in [0, 0.1) is 5.92 Å². The van der Waals surface area contributed by atoms with Gasteiger partial charge in [0.2, 0.25) is 0 Å². The summed E-state index contributed by atoms with van der Waals surface area (Å²) in [5.41, 5.74) is 1.07. The lowest BCUT2D eigenvalue weighted by atomic mass is 10.0. The molecule has 0 aromatic carbocycles. The Morgan fingerprint density at radius 3 is 2.24 bits per heavy atom. The Labute approximate surface area is 103 Å². The van der Waals surface area contributed by atoms with Crippen LogP contribution in [0.4, 0.5) is 0 Å². The Kier molecular flexibility index (Phi) is 5.53. The largest absolute Gasteiger partial charge is 0.481 e. The SMILES string of the molecule is CCCN(C=C1C=CC(C(=O)O)C=C1)CCC. The lowest BCUT2D eigenvalue weighted by Crippen LogP contribution is -2.19. The predicted molar refractivity (Wildman–Crippen MR) is 69.6 cm³/mol. The highest BCUT2D eigenvalue weighted by molar-refractivity contribution is 5.75. The van der Waals surface area contributed by atoms with Gasteiger partial charge in [0, 0.05) is 19.3 Å². The van der Waals surface area contributed by atoms with Crippen molar-refractivity contribution in [3.63, 3.8) is 0 Å². The number of hydrogen-bond donors (Lipinski definition) is 1. The monoisotopic (exact) mass is 235 g/mol. The minimum atomic E-state index is -0.796. The van der Waals surface area contributed by atoms with Crippen LogP contribution in [0.5, 0.6) is 0 Å². The van der Waals surface area contributed by atoms with Crippen LogP contribution >= 0.6 is 0 Å². The van der Waals surface area contributed by atoms with Crippen LogP contribution in [0.2, 0.25) is 0 Å². The summed E-state index contributed by atoms with van der Waals surface area (Å²) in [6.45, 7) is 6.41. The molecule has 1 aliphatic carbocycles. The zero-order valence-electron chi connectivity index (χ0n) is 10.6. The predicted octanol–water partition coefficient (Wildman–Crippen LogP) is 2.82. The molecule has 0 fully saturated rings. The number of rotatable bonds is 6. The van der Waals surface area contributed by atoms with Gasteiger partial charge in [0.15, 0.2) is 0 Å². The molecule has 0 radical (unpaired) electrons. The maximum Gasteiger partial charge on any atom is 0.314 e. The zero-order chi connectivity index (χ0) is 12.7. The Bertz CT molecular complexity index is 320. The van der Waals surface area contributed by atoms with E-state index >= 15 is 0 Å². The van der Waals surface area contributed by atoms with Crippen molar-refractivity contribution in [1.82, 2.24) is 4.90 Å². The van der Waals surface area contributed by atoms with E-state index in [-0.39, 0.29) is 0 Å². The van der Waals surface area contributed by atoms with Crippen molar-refractivity contribution in [1.29, 1.82) is 0 Å². The second-order valence-electron chi connectivity index (χ2n) is 4.25. The summed E-state index contributed by atoms with van der Waals surface area (Å²) >= 11 is 0. The summed E-state index contributed by atoms with van der Waals surface area (Å²) in [6, 6.07) is 0. The lowest BCUT2D eigenvalue weighted by Gasteiger charge is -2.20. The van der Waals surface area contributed by atoms with Gasteiger partial charge in [-0.2, -0.15) is 0 Å². The van der Waals surface area contributed by atoms with Gasteiger partial charge >= 0.3 is 5.97 Å². The molecule has 0 spiro atoms. The Hall–Kier alpha value is -1.51. The van der Waals surface area contributed by atoms with Gasteiger partial charge in [0.25, 0.3) is 0 Å². The number of carboxylic acid groups (broad SMARTS) is 1. The molecule has 0 unspecified atom stereocenters. The van der Waals surface area contributed by atoms with Gasteiger partial charge < -0.3 is 10.0 Å². The van der Waals surface area contributed by atoms with E-state index < -0.39 is 11.9 Å². The molecule has 1 aliphatic rings. The first-order valence-electron chi connectivity index (χ1n) is 6.22. The highest BCUT2D eigenvalue weighted by Crippen LogP contribution is 2.15. The van der Waals surface area contributed by atoms with Gasteiger partial charge in [-0.25, -0.2) is 0 Å². The average molecular weight is 235 g/mol. The van der Waals surface area contributed by atoms with Crippen molar-refractivity contribution in [3.05, 3.63) is 36.1 Å². The quantitative estimate of drug-likeness (QED) is 0.769. The third-order valence-electron chi connectivity index (χ3n) is 2.63. The first-order valence-corrected chi connectivity index (χ1v) is 6.22. The van der Waals surface area contributed by atoms with Crippen LogP contribution in [0.25, 0.3) is 0 Å².